The van der Waals surface area contributed by atoms with E-state index >= 15 is 0 Å². The number of esters is 1. The largest absolute Gasteiger partial charge is 0.493 e. The van der Waals surface area contributed by atoms with E-state index in [0.29, 0.717) is 30.1 Å². The van der Waals surface area contributed by atoms with Gasteiger partial charge in [-0.2, -0.15) is 0 Å². The van der Waals surface area contributed by atoms with E-state index in [-0.39, 0.29) is 18.1 Å². The first kappa shape index (κ1) is 22.1. The molecule has 2 fully saturated rings. The molecule has 7 heteroatoms. The topological polar surface area (TPSA) is 83.1 Å². The lowest BCUT2D eigenvalue weighted by molar-refractivity contribution is -0.150. The molecule has 2 aliphatic rings. The smallest absolute Gasteiger partial charge is 0.334 e. The van der Waals surface area contributed by atoms with Crippen LogP contribution in [0.15, 0.2) is 42.5 Å². The summed E-state index contributed by atoms with van der Waals surface area (Å²) in [5, 5.41) is 2.91. The molecule has 7 nitrogen and oxygen atoms in total. The Morgan fingerprint density at radius 2 is 1.97 bits per heavy atom. The molecule has 2 aromatic carbocycles. The number of amides is 1. The van der Waals surface area contributed by atoms with Gasteiger partial charge in [0.05, 0.1) is 33.0 Å². The molecule has 2 bridgehead atoms. The van der Waals surface area contributed by atoms with Crippen molar-refractivity contribution in [1.82, 2.24) is 5.32 Å². The van der Waals surface area contributed by atoms with Gasteiger partial charge in [0, 0.05) is 18.4 Å². The summed E-state index contributed by atoms with van der Waals surface area (Å²) >= 11 is 0. The average molecular weight is 440 g/mol. The summed E-state index contributed by atoms with van der Waals surface area (Å²) in [7, 11) is 2.89. The normalized spacial score (nSPS) is 23.6. The molecular weight excluding hydrogens is 410 g/mol. The van der Waals surface area contributed by atoms with Crippen LogP contribution in [0.5, 0.6) is 11.5 Å². The molecular formula is C25H29NO6. The van der Waals surface area contributed by atoms with E-state index in [1.165, 1.54) is 18.2 Å². The highest BCUT2D eigenvalue weighted by molar-refractivity contribution is 5.99. The SMILES string of the molecule is COC(=O)C1(NC(=O)c2ccc(OC)c(OCCc3cccc(C)c3)c2)CC2CCC1O2. The molecule has 4 rings (SSSR count). The average Bonchev–Trinajstić information content (AvgIpc) is 3.40. The Kier molecular flexibility index (Phi) is 6.37. The first-order chi connectivity index (χ1) is 15.4. The minimum absolute atomic E-state index is 0.0317. The van der Waals surface area contributed by atoms with Gasteiger partial charge < -0.3 is 24.3 Å². The summed E-state index contributed by atoms with van der Waals surface area (Å²) in [4.78, 5) is 25.7. The molecule has 32 heavy (non-hydrogen) atoms. The molecule has 0 aromatic heterocycles. The Hall–Kier alpha value is -3.06. The van der Waals surface area contributed by atoms with Crippen LogP contribution in [-0.2, 0) is 20.7 Å². The van der Waals surface area contributed by atoms with Crippen molar-refractivity contribution >= 4 is 11.9 Å². The Bertz CT molecular complexity index is 1010. The van der Waals surface area contributed by atoms with Crippen molar-refractivity contribution in [2.24, 2.45) is 0 Å². The second-order valence-corrected chi connectivity index (χ2v) is 8.40. The van der Waals surface area contributed by atoms with Gasteiger partial charge in [0.1, 0.15) is 0 Å². The number of carbonyl (C=O) groups excluding carboxylic acids is 2. The maximum Gasteiger partial charge on any atom is 0.334 e. The van der Waals surface area contributed by atoms with Crippen LogP contribution in [0.2, 0.25) is 0 Å². The zero-order valence-electron chi connectivity index (χ0n) is 18.7. The lowest BCUT2D eigenvalue weighted by atomic mass is 9.81. The minimum atomic E-state index is -1.15. The molecule has 2 heterocycles. The number of carbonyl (C=O) groups is 2. The number of hydrogen-bond donors (Lipinski definition) is 1. The van der Waals surface area contributed by atoms with Crippen LogP contribution >= 0.6 is 0 Å². The summed E-state index contributed by atoms with van der Waals surface area (Å²) in [6.07, 6.45) is 2.36. The zero-order chi connectivity index (χ0) is 22.7. The van der Waals surface area contributed by atoms with Crippen molar-refractivity contribution in [2.75, 3.05) is 20.8 Å². The number of nitrogens with one attached hydrogen (secondary N) is 1. The standard InChI is InChI=1S/C25H29NO6/c1-16-5-4-6-17(13-16)11-12-31-21-14-18(7-9-20(21)29-2)23(27)26-25(24(28)30-3)15-19-8-10-22(25)32-19/h4-7,9,13-14,19,22H,8,10-12,15H2,1-3H3,(H,26,27). The Balaban J connectivity index is 1.48. The highest BCUT2D eigenvalue weighted by Gasteiger charge is 2.59. The highest BCUT2D eigenvalue weighted by Crippen LogP contribution is 2.42. The number of aryl methyl sites for hydroxylation is 1. The summed E-state index contributed by atoms with van der Waals surface area (Å²) in [5.41, 5.74) is 1.60. The molecule has 0 spiro atoms. The van der Waals surface area contributed by atoms with Gasteiger partial charge in [0.2, 0.25) is 0 Å². The number of hydrogen-bond acceptors (Lipinski definition) is 6. The van der Waals surface area contributed by atoms with Crippen molar-refractivity contribution in [3.05, 3.63) is 59.2 Å². The minimum Gasteiger partial charge on any atom is -0.493 e. The monoisotopic (exact) mass is 439 g/mol. The zero-order valence-corrected chi connectivity index (χ0v) is 18.7. The van der Waals surface area contributed by atoms with Crippen LogP contribution in [0.25, 0.3) is 0 Å². The van der Waals surface area contributed by atoms with E-state index < -0.39 is 11.5 Å². The molecule has 170 valence electrons. The fourth-order valence-corrected chi connectivity index (χ4v) is 4.64. The van der Waals surface area contributed by atoms with E-state index in [2.05, 4.69) is 30.4 Å². The number of benzene rings is 2. The first-order valence-corrected chi connectivity index (χ1v) is 10.9. The predicted molar refractivity (Wildman–Crippen MR) is 118 cm³/mol. The van der Waals surface area contributed by atoms with Gasteiger partial charge in [-0.3, -0.25) is 4.79 Å². The van der Waals surface area contributed by atoms with Gasteiger partial charge in [-0.05, 0) is 43.5 Å². The molecule has 2 aromatic rings. The van der Waals surface area contributed by atoms with E-state index in [4.69, 9.17) is 18.9 Å². The molecule has 0 radical (unpaired) electrons. The Morgan fingerprint density at radius 3 is 2.62 bits per heavy atom. The number of ether oxygens (including phenoxy) is 4. The van der Waals surface area contributed by atoms with Crippen molar-refractivity contribution in [2.45, 2.75) is 50.4 Å². The molecule has 3 unspecified atom stereocenters. The van der Waals surface area contributed by atoms with Crippen molar-refractivity contribution in [1.29, 1.82) is 0 Å². The number of rotatable bonds is 8. The summed E-state index contributed by atoms with van der Waals surface area (Å²) in [5.74, 6) is 0.166. The fraction of sp³-hybridized carbons (Fsp3) is 0.440. The van der Waals surface area contributed by atoms with E-state index in [0.717, 1.165) is 19.3 Å². The number of fused-ring (bicyclic) bond motifs is 2. The fourth-order valence-electron chi connectivity index (χ4n) is 4.64. The first-order valence-electron chi connectivity index (χ1n) is 10.9. The lowest BCUT2D eigenvalue weighted by Gasteiger charge is -2.33. The van der Waals surface area contributed by atoms with Crippen molar-refractivity contribution in [3.8, 4) is 11.5 Å². The molecule has 1 N–H and O–H groups in total. The van der Waals surface area contributed by atoms with E-state index in [1.807, 2.05) is 6.07 Å². The molecule has 0 saturated carbocycles. The van der Waals surface area contributed by atoms with Gasteiger partial charge >= 0.3 is 5.97 Å². The van der Waals surface area contributed by atoms with Gasteiger partial charge in [0.25, 0.3) is 5.91 Å². The summed E-state index contributed by atoms with van der Waals surface area (Å²) in [6, 6.07) is 13.2. The van der Waals surface area contributed by atoms with Gasteiger partial charge in [-0.1, -0.05) is 29.8 Å². The third-order valence-corrected chi connectivity index (χ3v) is 6.25. The molecule has 2 aliphatic heterocycles. The van der Waals surface area contributed by atoms with Gasteiger partial charge in [0.15, 0.2) is 17.0 Å². The van der Waals surface area contributed by atoms with Crippen molar-refractivity contribution in [3.63, 3.8) is 0 Å². The van der Waals surface area contributed by atoms with Crippen LogP contribution in [0.3, 0.4) is 0 Å². The van der Waals surface area contributed by atoms with Crippen LogP contribution in [-0.4, -0.2) is 50.4 Å². The van der Waals surface area contributed by atoms with Crippen molar-refractivity contribution < 1.29 is 28.5 Å². The second kappa shape index (κ2) is 9.20. The molecule has 2 saturated heterocycles. The van der Waals surface area contributed by atoms with Crippen LogP contribution in [0.1, 0.15) is 40.7 Å². The maximum absolute atomic E-state index is 13.1. The predicted octanol–water partition coefficient (Wildman–Crippen LogP) is 3.22. The second-order valence-electron chi connectivity index (χ2n) is 8.40. The molecule has 1 amide bonds. The van der Waals surface area contributed by atoms with Crippen LogP contribution in [0.4, 0.5) is 0 Å². The Morgan fingerprint density at radius 1 is 1.12 bits per heavy atom. The third kappa shape index (κ3) is 4.30. The summed E-state index contributed by atoms with van der Waals surface area (Å²) < 4.78 is 22.2. The maximum atomic E-state index is 13.1. The molecule has 3 atom stereocenters. The highest BCUT2D eigenvalue weighted by atomic mass is 16.5. The number of methoxy groups -OCH3 is 2. The Labute approximate surface area is 188 Å². The van der Waals surface area contributed by atoms with E-state index in [1.54, 1.807) is 25.3 Å². The quantitative estimate of drug-likeness (QED) is 0.636. The van der Waals surface area contributed by atoms with Gasteiger partial charge in [-0.15, -0.1) is 0 Å². The lowest BCUT2D eigenvalue weighted by Crippen LogP contribution is -2.61. The van der Waals surface area contributed by atoms with Crippen LogP contribution < -0.4 is 14.8 Å². The van der Waals surface area contributed by atoms with Gasteiger partial charge in [-0.25, -0.2) is 4.79 Å². The van der Waals surface area contributed by atoms with E-state index in [9.17, 15) is 9.59 Å². The third-order valence-electron chi connectivity index (χ3n) is 6.25. The van der Waals surface area contributed by atoms with Crippen LogP contribution in [0, 0.1) is 6.92 Å². The molecule has 0 aliphatic carbocycles. The summed E-state index contributed by atoms with van der Waals surface area (Å²) in [6.45, 7) is 2.49.